The third-order valence-corrected chi connectivity index (χ3v) is 6.29. The maximum atomic E-state index is 12.2. The maximum Gasteiger partial charge on any atom is 0.285 e. The van der Waals surface area contributed by atoms with E-state index in [-0.39, 0.29) is 0 Å². The summed E-state index contributed by atoms with van der Waals surface area (Å²) in [5.74, 6) is 0.652. The van der Waals surface area contributed by atoms with E-state index in [9.17, 15) is 8.42 Å². The van der Waals surface area contributed by atoms with E-state index in [1.807, 2.05) is 12.1 Å². The van der Waals surface area contributed by atoms with Gasteiger partial charge in [-0.2, -0.15) is 8.42 Å². The fraction of sp³-hybridized carbons (Fsp3) is 0.562. The number of likely N-dealkylation sites (tertiary alicyclic amines) is 2. The van der Waals surface area contributed by atoms with Crippen LogP contribution in [0.5, 0.6) is 0 Å². The van der Waals surface area contributed by atoms with Gasteiger partial charge in [0.25, 0.3) is 10.0 Å². The molecule has 118 valence electrons. The number of rotatable bonds is 1. The molecule has 0 radical (unpaired) electrons. The molecule has 5 nitrogen and oxygen atoms in total. The predicted octanol–water partition coefficient (Wildman–Crippen LogP) is 1.70. The molecule has 3 aliphatic rings. The molecule has 2 saturated heterocycles. The summed E-state index contributed by atoms with van der Waals surface area (Å²) in [6.07, 6.45) is 4.88. The van der Waals surface area contributed by atoms with Crippen LogP contribution >= 0.6 is 0 Å². The maximum absolute atomic E-state index is 12.2. The van der Waals surface area contributed by atoms with Gasteiger partial charge in [0.2, 0.25) is 0 Å². The fourth-order valence-corrected chi connectivity index (χ4v) is 5.10. The van der Waals surface area contributed by atoms with Crippen molar-refractivity contribution in [3.8, 4) is 0 Å². The van der Waals surface area contributed by atoms with Crippen LogP contribution in [-0.4, -0.2) is 56.3 Å². The normalized spacial score (nSPS) is 27.7. The van der Waals surface area contributed by atoms with Gasteiger partial charge in [0.05, 0.1) is 0 Å². The Hall–Kier alpha value is -1.40. The first kappa shape index (κ1) is 14.2. The van der Waals surface area contributed by atoms with Crippen LogP contribution in [0.2, 0.25) is 0 Å². The Morgan fingerprint density at radius 3 is 2.64 bits per heavy atom. The van der Waals surface area contributed by atoms with Crippen LogP contribution in [0.4, 0.5) is 0 Å². The van der Waals surface area contributed by atoms with Crippen LogP contribution in [0.25, 0.3) is 0 Å². The Morgan fingerprint density at radius 1 is 1.05 bits per heavy atom. The van der Waals surface area contributed by atoms with Crippen molar-refractivity contribution in [1.29, 1.82) is 0 Å². The van der Waals surface area contributed by atoms with Gasteiger partial charge in [-0.1, -0.05) is 12.1 Å². The molecule has 0 spiro atoms. The molecule has 1 atom stereocenters. The summed E-state index contributed by atoms with van der Waals surface area (Å²) in [6, 6.07) is 7.71. The molecule has 1 unspecified atom stereocenters. The van der Waals surface area contributed by atoms with Gasteiger partial charge in [-0.15, -0.1) is 4.40 Å². The Morgan fingerprint density at radius 2 is 1.82 bits per heavy atom. The summed E-state index contributed by atoms with van der Waals surface area (Å²) >= 11 is 0. The number of amidine groups is 1. The number of fused-ring (bicyclic) bond motifs is 1. The lowest BCUT2D eigenvalue weighted by atomic mass is 10.0. The Bertz CT molecular complexity index is 708. The number of nitrogens with zero attached hydrogens (tertiary/aromatic N) is 3. The molecule has 0 bridgehead atoms. The lowest BCUT2D eigenvalue weighted by Gasteiger charge is -2.38. The Labute approximate surface area is 131 Å². The summed E-state index contributed by atoms with van der Waals surface area (Å²) in [7, 11) is -3.51. The second kappa shape index (κ2) is 5.35. The molecule has 3 heterocycles. The first-order valence-corrected chi connectivity index (χ1v) is 9.52. The van der Waals surface area contributed by atoms with Gasteiger partial charge >= 0.3 is 0 Å². The van der Waals surface area contributed by atoms with Gasteiger partial charge in [-0.25, -0.2) is 0 Å². The highest BCUT2D eigenvalue weighted by atomic mass is 32.2. The molecule has 1 aromatic rings. The van der Waals surface area contributed by atoms with Gasteiger partial charge in [-0.3, -0.25) is 4.90 Å². The molecule has 0 N–H and O–H groups in total. The fourth-order valence-electron chi connectivity index (χ4n) is 3.87. The molecule has 1 aromatic carbocycles. The highest BCUT2D eigenvalue weighted by molar-refractivity contribution is 7.90. The SMILES string of the molecule is O=S1(=O)N=C(N2CCCC(N3CCCC3)C2)c2ccccc21. The first-order valence-electron chi connectivity index (χ1n) is 8.08. The molecule has 0 amide bonds. The summed E-state index contributed by atoms with van der Waals surface area (Å²) in [5, 5.41) is 0. The van der Waals surface area contributed by atoms with Crippen molar-refractivity contribution in [2.45, 2.75) is 36.6 Å². The molecule has 2 fully saturated rings. The number of piperidine rings is 1. The van der Waals surface area contributed by atoms with Crippen LogP contribution in [0, 0.1) is 0 Å². The van der Waals surface area contributed by atoms with E-state index < -0.39 is 10.0 Å². The number of hydrogen-bond donors (Lipinski definition) is 0. The number of benzene rings is 1. The molecular weight excluding hydrogens is 298 g/mol. The Kier molecular flexibility index (Phi) is 3.46. The van der Waals surface area contributed by atoms with E-state index in [1.165, 1.54) is 32.4 Å². The average molecular weight is 319 g/mol. The minimum atomic E-state index is -3.51. The van der Waals surface area contributed by atoms with Crippen molar-refractivity contribution < 1.29 is 8.42 Å². The zero-order chi connectivity index (χ0) is 15.2. The molecule has 0 aromatic heterocycles. The number of sulfonamides is 1. The van der Waals surface area contributed by atoms with E-state index in [2.05, 4.69) is 14.2 Å². The van der Waals surface area contributed by atoms with E-state index in [0.717, 1.165) is 25.1 Å². The zero-order valence-electron chi connectivity index (χ0n) is 12.6. The average Bonchev–Trinajstić information content (AvgIpc) is 3.15. The quantitative estimate of drug-likeness (QED) is 0.790. The van der Waals surface area contributed by atoms with Crippen molar-refractivity contribution in [2.75, 3.05) is 26.2 Å². The minimum absolute atomic E-state index is 0.355. The lowest BCUT2D eigenvalue weighted by Crippen LogP contribution is -2.49. The lowest BCUT2D eigenvalue weighted by molar-refractivity contribution is 0.157. The molecule has 0 saturated carbocycles. The second-order valence-electron chi connectivity index (χ2n) is 6.37. The standard InChI is InChI=1S/C16H21N3O2S/c20-22(21)15-8-2-1-7-14(15)16(17-22)19-11-5-6-13(12-19)18-9-3-4-10-18/h1-2,7-8,13H,3-6,9-12H2. The summed E-state index contributed by atoms with van der Waals surface area (Å²) in [5.41, 5.74) is 0.768. The van der Waals surface area contributed by atoms with Crippen LogP contribution in [0.3, 0.4) is 0 Å². The van der Waals surface area contributed by atoms with Crippen LogP contribution in [0.1, 0.15) is 31.2 Å². The molecular formula is C16H21N3O2S. The van der Waals surface area contributed by atoms with Crippen molar-refractivity contribution in [3.05, 3.63) is 29.8 Å². The molecule has 6 heteroatoms. The van der Waals surface area contributed by atoms with E-state index >= 15 is 0 Å². The first-order chi connectivity index (χ1) is 10.6. The van der Waals surface area contributed by atoms with Crippen molar-refractivity contribution >= 4 is 15.9 Å². The van der Waals surface area contributed by atoms with E-state index in [4.69, 9.17) is 0 Å². The van der Waals surface area contributed by atoms with Gasteiger partial charge in [0.15, 0.2) is 5.84 Å². The smallest absolute Gasteiger partial charge is 0.285 e. The summed E-state index contributed by atoms with van der Waals surface area (Å²) in [4.78, 5) is 5.09. The third-order valence-electron chi connectivity index (χ3n) is 4.97. The highest BCUT2D eigenvalue weighted by Crippen LogP contribution is 2.29. The summed E-state index contributed by atoms with van der Waals surface area (Å²) in [6.45, 7) is 4.15. The van der Waals surface area contributed by atoms with E-state index in [0.29, 0.717) is 16.8 Å². The third kappa shape index (κ3) is 2.34. The largest absolute Gasteiger partial charge is 0.354 e. The molecule has 22 heavy (non-hydrogen) atoms. The molecule has 4 rings (SSSR count). The van der Waals surface area contributed by atoms with E-state index in [1.54, 1.807) is 12.1 Å². The highest BCUT2D eigenvalue weighted by Gasteiger charge is 2.35. The van der Waals surface area contributed by atoms with Crippen LogP contribution in [-0.2, 0) is 10.0 Å². The monoisotopic (exact) mass is 319 g/mol. The zero-order valence-corrected chi connectivity index (χ0v) is 13.4. The summed E-state index contributed by atoms with van der Waals surface area (Å²) < 4.78 is 28.5. The number of hydrogen-bond acceptors (Lipinski definition) is 4. The molecule has 0 aliphatic carbocycles. The predicted molar refractivity (Wildman–Crippen MR) is 85.6 cm³/mol. The minimum Gasteiger partial charge on any atom is -0.354 e. The van der Waals surface area contributed by atoms with Gasteiger partial charge in [0, 0.05) is 24.7 Å². The Balaban J connectivity index is 1.62. The van der Waals surface area contributed by atoms with Gasteiger partial charge in [0.1, 0.15) is 4.90 Å². The van der Waals surface area contributed by atoms with Crippen molar-refractivity contribution in [2.24, 2.45) is 4.40 Å². The van der Waals surface area contributed by atoms with Crippen LogP contribution < -0.4 is 0 Å². The van der Waals surface area contributed by atoms with Gasteiger partial charge in [-0.05, 0) is 50.9 Å². The second-order valence-corrected chi connectivity index (χ2v) is 7.94. The van der Waals surface area contributed by atoms with Crippen LogP contribution in [0.15, 0.2) is 33.6 Å². The topological polar surface area (TPSA) is 53.0 Å². The molecule has 3 aliphatic heterocycles. The van der Waals surface area contributed by atoms with Crippen molar-refractivity contribution in [1.82, 2.24) is 9.80 Å². The van der Waals surface area contributed by atoms with Crippen molar-refractivity contribution in [3.63, 3.8) is 0 Å². The van der Waals surface area contributed by atoms with Gasteiger partial charge < -0.3 is 4.90 Å².